The molecule has 0 unspecified atom stereocenters. The highest BCUT2D eigenvalue weighted by Crippen LogP contribution is 2.41. The van der Waals surface area contributed by atoms with Gasteiger partial charge < -0.3 is 14.7 Å². The molecule has 0 radical (unpaired) electrons. The first-order valence-corrected chi connectivity index (χ1v) is 7.50. The summed E-state index contributed by atoms with van der Waals surface area (Å²) in [6, 6.07) is 6.07. The Morgan fingerprint density at radius 1 is 1.42 bits per heavy atom. The van der Waals surface area contributed by atoms with Crippen LogP contribution in [0.1, 0.15) is 24.8 Å². The number of hydrogen-bond acceptors (Lipinski definition) is 3. The highest BCUT2D eigenvalue weighted by Gasteiger charge is 2.37. The molecule has 4 heteroatoms. The summed E-state index contributed by atoms with van der Waals surface area (Å²) < 4.78 is 6.47. The summed E-state index contributed by atoms with van der Waals surface area (Å²) in [4.78, 5) is 2.28. The van der Waals surface area contributed by atoms with Crippen LogP contribution in [0.3, 0.4) is 0 Å². The van der Waals surface area contributed by atoms with Crippen molar-refractivity contribution in [2.24, 2.45) is 5.41 Å². The second-order valence-electron chi connectivity index (χ2n) is 5.64. The van der Waals surface area contributed by atoms with Crippen LogP contribution in [0.4, 0.5) is 0 Å². The van der Waals surface area contributed by atoms with E-state index in [-0.39, 0.29) is 5.41 Å². The van der Waals surface area contributed by atoms with Crippen molar-refractivity contribution in [2.45, 2.75) is 25.8 Å². The Kier molecular flexibility index (Phi) is 4.87. The smallest absolute Gasteiger partial charge is 0.123 e. The molecule has 2 rings (SSSR count). The van der Waals surface area contributed by atoms with Crippen LogP contribution in [0.25, 0.3) is 0 Å². The molecule has 0 aliphatic heterocycles. The fourth-order valence-electron chi connectivity index (χ4n) is 2.83. The van der Waals surface area contributed by atoms with Gasteiger partial charge in [0.05, 0.1) is 7.11 Å². The first-order chi connectivity index (χ1) is 9.08. The molecule has 1 aliphatic carbocycles. The molecular weight excluding hydrogens is 306 g/mol. The first-order valence-electron chi connectivity index (χ1n) is 6.70. The van der Waals surface area contributed by atoms with Crippen molar-refractivity contribution in [1.82, 2.24) is 4.90 Å². The Morgan fingerprint density at radius 2 is 2.16 bits per heavy atom. The topological polar surface area (TPSA) is 32.7 Å². The fourth-order valence-corrected chi connectivity index (χ4v) is 3.24. The van der Waals surface area contributed by atoms with Crippen molar-refractivity contribution in [3.05, 3.63) is 28.2 Å². The quantitative estimate of drug-likeness (QED) is 0.871. The number of ether oxygens (including phenoxy) is 1. The molecular formula is C15H22BrNO2. The number of nitrogens with zero attached hydrogens (tertiary/aromatic N) is 1. The standard InChI is InChI=1S/C15H22BrNO2/c1-17(10-15(11-18)6-3-7-15)9-12-8-13(16)4-5-14(12)19-2/h4-5,8,18H,3,6-7,9-11H2,1-2H3. The lowest BCUT2D eigenvalue weighted by atomic mass is 9.69. The van der Waals surface area contributed by atoms with E-state index in [4.69, 9.17) is 4.74 Å². The highest BCUT2D eigenvalue weighted by molar-refractivity contribution is 9.10. The molecule has 3 nitrogen and oxygen atoms in total. The molecule has 1 aliphatic rings. The summed E-state index contributed by atoms with van der Waals surface area (Å²) in [5, 5.41) is 9.54. The van der Waals surface area contributed by atoms with Crippen molar-refractivity contribution in [3.8, 4) is 5.75 Å². The molecule has 0 spiro atoms. The summed E-state index contributed by atoms with van der Waals surface area (Å²) in [7, 11) is 3.81. The number of hydrogen-bond donors (Lipinski definition) is 1. The SMILES string of the molecule is COc1ccc(Br)cc1CN(C)CC1(CO)CCC1. The molecule has 1 aromatic rings. The molecule has 0 aromatic heterocycles. The van der Waals surface area contributed by atoms with E-state index in [1.54, 1.807) is 7.11 Å². The van der Waals surface area contributed by atoms with E-state index < -0.39 is 0 Å². The molecule has 19 heavy (non-hydrogen) atoms. The third-order valence-corrected chi connectivity index (χ3v) is 4.53. The van der Waals surface area contributed by atoms with Gasteiger partial charge in [0.15, 0.2) is 0 Å². The van der Waals surface area contributed by atoms with Crippen molar-refractivity contribution in [1.29, 1.82) is 0 Å². The number of rotatable bonds is 6. The van der Waals surface area contributed by atoms with Gasteiger partial charge in [-0.05, 0) is 38.1 Å². The van der Waals surface area contributed by atoms with E-state index in [2.05, 4.69) is 33.9 Å². The van der Waals surface area contributed by atoms with E-state index in [1.807, 2.05) is 12.1 Å². The van der Waals surface area contributed by atoms with Crippen LogP contribution in [0, 0.1) is 5.41 Å². The van der Waals surface area contributed by atoms with Crippen LogP contribution in [0.15, 0.2) is 22.7 Å². The molecule has 0 amide bonds. The zero-order valence-electron chi connectivity index (χ0n) is 11.7. The van der Waals surface area contributed by atoms with Crippen LogP contribution < -0.4 is 4.74 Å². The summed E-state index contributed by atoms with van der Waals surface area (Å²) in [5.41, 5.74) is 1.31. The molecule has 1 aromatic carbocycles. The first kappa shape index (κ1) is 14.8. The molecule has 1 N–H and O–H groups in total. The average molecular weight is 328 g/mol. The second kappa shape index (κ2) is 6.25. The zero-order valence-corrected chi connectivity index (χ0v) is 13.2. The third kappa shape index (κ3) is 3.50. The van der Waals surface area contributed by atoms with Gasteiger partial charge in [-0.1, -0.05) is 22.4 Å². The monoisotopic (exact) mass is 327 g/mol. The van der Waals surface area contributed by atoms with E-state index in [0.29, 0.717) is 6.61 Å². The number of aliphatic hydroxyl groups is 1. The zero-order chi connectivity index (χ0) is 13.9. The van der Waals surface area contributed by atoms with Crippen LogP contribution in [0.2, 0.25) is 0 Å². The lowest BCUT2D eigenvalue weighted by Gasteiger charge is -2.43. The minimum atomic E-state index is 0.133. The molecule has 0 bridgehead atoms. The van der Waals surface area contributed by atoms with E-state index in [1.165, 1.54) is 12.0 Å². The maximum Gasteiger partial charge on any atom is 0.123 e. The molecule has 0 heterocycles. The van der Waals surface area contributed by atoms with Gasteiger partial charge >= 0.3 is 0 Å². The summed E-state index contributed by atoms with van der Waals surface area (Å²) in [6.45, 7) is 2.08. The summed E-state index contributed by atoms with van der Waals surface area (Å²) in [5.74, 6) is 0.918. The van der Waals surface area contributed by atoms with Gasteiger partial charge in [-0.15, -0.1) is 0 Å². The Morgan fingerprint density at radius 3 is 2.68 bits per heavy atom. The second-order valence-corrected chi connectivity index (χ2v) is 6.56. The highest BCUT2D eigenvalue weighted by atomic mass is 79.9. The lowest BCUT2D eigenvalue weighted by molar-refractivity contribution is 0.0126. The predicted molar refractivity (Wildman–Crippen MR) is 80.4 cm³/mol. The molecule has 1 fully saturated rings. The van der Waals surface area contributed by atoms with Gasteiger partial charge in [0, 0.05) is 35.1 Å². The number of benzene rings is 1. The molecule has 106 valence electrons. The Bertz CT molecular complexity index is 427. The van der Waals surface area contributed by atoms with Gasteiger partial charge in [0.2, 0.25) is 0 Å². The maximum atomic E-state index is 9.54. The molecule has 0 saturated heterocycles. The Hall–Kier alpha value is -0.580. The number of aliphatic hydroxyl groups excluding tert-OH is 1. The van der Waals surface area contributed by atoms with E-state index in [9.17, 15) is 5.11 Å². The van der Waals surface area contributed by atoms with Crippen LogP contribution >= 0.6 is 15.9 Å². The van der Waals surface area contributed by atoms with Crippen molar-refractivity contribution in [2.75, 3.05) is 27.3 Å². The molecule has 0 atom stereocenters. The van der Waals surface area contributed by atoms with Gasteiger partial charge in [-0.25, -0.2) is 0 Å². The Labute approximate surface area is 123 Å². The molecule has 1 saturated carbocycles. The van der Waals surface area contributed by atoms with Crippen molar-refractivity contribution in [3.63, 3.8) is 0 Å². The van der Waals surface area contributed by atoms with E-state index >= 15 is 0 Å². The normalized spacial score (nSPS) is 17.3. The predicted octanol–water partition coefficient (Wildman–Crippen LogP) is 3.05. The van der Waals surface area contributed by atoms with E-state index in [0.717, 1.165) is 36.2 Å². The lowest BCUT2D eigenvalue weighted by Crippen LogP contribution is -2.43. The van der Waals surface area contributed by atoms with Gasteiger partial charge in [0.25, 0.3) is 0 Å². The number of methoxy groups -OCH3 is 1. The minimum Gasteiger partial charge on any atom is -0.496 e. The Balaban J connectivity index is 2.02. The van der Waals surface area contributed by atoms with Crippen LogP contribution in [-0.2, 0) is 6.54 Å². The van der Waals surface area contributed by atoms with Crippen LogP contribution in [0.5, 0.6) is 5.75 Å². The van der Waals surface area contributed by atoms with Gasteiger partial charge in [-0.2, -0.15) is 0 Å². The van der Waals surface area contributed by atoms with Gasteiger partial charge in [0.1, 0.15) is 5.75 Å². The third-order valence-electron chi connectivity index (χ3n) is 4.04. The average Bonchev–Trinajstić information content (AvgIpc) is 2.34. The maximum absolute atomic E-state index is 9.54. The van der Waals surface area contributed by atoms with Crippen molar-refractivity contribution >= 4 is 15.9 Å². The summed E-state index contributed by atoms with van der Waals surface area (Å²) >= 11 is 3.50. The van der Waals surface area contributed by atoms with Crippen LogP contribution in [-0.4, -0.2) is 37.3 Å². The number of halogens is 1. The van der Waals surface area contributed by atoms with Crippen molar-refractivity contribution < 1.29 is 9.84 Å². The largest absolute Gasteiger partial charge is 0.496 e. The minimum absolute atomic E-state index is 0.133. The summed E-state index contributed by atoms with van der Waals surface area (Å²) in [6.07, 6.45) is 3.53. The fraction of sp³-hybridized carbons (Fsp3) is 0.600. The van der Waals surface area contributed by atoms with Gasteiger partial charge in [-0.3, -0.25) is 0 Å².